The number of carbonyl (C=O) groups is 1. The fraction of sp³-hybridized carbons (Fsp3) is 0.500. The van der Waals surface area contributed by atoms with Gasteiger partial charge in [-0.15, -0.1) is 0 Å². The van der Waals surface area contributed by atoms with Crippen LogP contribution in [-0.4, -0.2) is 11.4 Å². The topological polar surface area (TPSA) is 29.1 Å². The number of amides is 1. The first-order chi connectivity index (χ1) is 8.53. The summed E-state index contributed by atoms with van der Waals surface area (Å²) in [5, 5.41) is 2.66. The Kier molecular flexibility index (Phi) is 4.28. The van der Waals surface area contributed by atoms with E-state index in [1.54, 1.807) is 27.7 Å². The van der Waals surface area contributed by atoms with Crippen molar-refractivity contribution in [1.82, 2.24) is 5.32 Å². The minimum atomic E-state index is -4.44. The Hall–Kier alpha value is -1.52. The minimum absolute atomic E-state index is 0.0431. The first kappa shape index (κ1) is 15.5. The van der Waals surface area contributed by atoms with E-state index >= 15 is 0 Å². The third-order valence-electron chi connectivity index (χ3n) is 2.48. The van der Waals surface area contributed by atoms with E-state index in [9.17, 15) is 18.0 Å². The van der Waals surface area contributed by atoms with Crippen LogP contribution in [0, 0.1) is 0 Å². The van der Waals surface area contributed by atoms with Gasteiger partial charge in [0.05, 0.1) is 5.56 Å². The Bertz CT molecular complexity index is 473. The molecule has 1 N–H and O–H groups in total. The van der Waals surface area contributed by atoms with Crippen LogP contribution in [0.5, 0.6) is 0 Å². The maximum Gasteiger partial charge on any atom is 0.416 e. The molecular weight excluding hydrogens is 255 g/mol. The van der Waals surface area contributed by atoms with Gasteiger partial charge < -0.3 is 5.32 Å². The Labute approximate surface area is 111 Å². The van der Waals surface area contributed by atoms with E-state index in [0.29, 0.717) is 12.0 Å². The van der Waals surface area contributed by atoms with Crippen LogP contribution in [0.4, 0.5) is 13.2 Å². The Balaban J connectivity index is 3.18. The van der Waals surface area contributed by atoms with Crippen molar-refractivity contribution in [2.75, 3.05) is 0 Å². The van der Waals surface area contributed by atoms with Crippen molar-refractivity contribution in [1.29, 1.82) is 0 Å². The summed E-state index contributed by atoms with van der Waals surface area (Å²) in [6.07, 6.45) is -4.00. The van der Waals surface area contributed by atoms with Crippen LogP contribution >= 0.6 is 0 Å². The number of hydrogen-bond donors (Lipinski definition) is 1. The molecule has 0 radical (unpaired) electrons. The average molecular weight is 273 g/mol. The maximum atomic E-state index is 12.8. The predicted octanol–water partition coefficient (Wildman–Crippen LogP) is 3.80. The van der Waals surface area contributed by atoms with E-state index in [0.717, 1.165) is 12.1 Å². The minimum Gasteiger partial charge on any atom is -0.347 e. The van der Waals surface area contributed by atoms with Crippen molar-refractivity contribution in [3.05, 3.63) is 34.9 Å². The first-order valence-electron chi connectivity index (χ1n) is 6.06. The molecule has 0 heterocycles. The van der Waals surface area contributed by atoms with Crippen molar-refractivity contribution in [3.8, 4) is 0 Å². The Morgan fingerprint density at radius 3 is 2.16 bits per heavy atom. The number of hydrogen-bond acceptors (Lipinski definition) is 1. The lowest BCUT2D eigenvalue weighted by atomic mass is 10.0. The molecule has 0 atom stereocenters. The highest BCUT2D eigenvalue weighted by Gasteiger charge is 2.31. The van der Waals surface area contributed by atoms with Crippen LogP contribution in [0.15, 0.2) is 18.2 Å². The standard InChI is InChI=1S/C14H18F3NO/c1-5-9-6-10(12(19)18-13(2,3)4)8-11(7-9)14(15,16)17/h6-8H,5H2,1-4H3,(H,18,19). The second kappa shape index (κ2) is 5.23. The summed E-state index contributed by atoms with van der Waals surface area (Å²) in [6.45, 7) is 7.08. The first-order valence-corrected chi connectivity index (χ1v) is 6.06. The quantitative estimate of drug-likeness (QED) is 0.872. The van der Waals surface area contributed by atoms with Crippen LogP contribution < -0.4 is 5.32 Å². The molecular formula is C14H18F3NO. The second-order valence-corrected chi connectivity index (χ2v) is 5.47. The molecule has 106 valence electrons. The lowest BCUT2D eigenvalue weighted by molar-refractivity contribution is -0.137. The van der Waals surface area contributed by atoms with Gasteiger partial charge in [-0.1, -0.05) is 6.92 Å². The van der Waals surface area contributed by atoms with Gasteiger partial charge in [0, 0.05) is 11.1 Å². The molecule has 0 saturated heterocycles. The maximum absolute atomic E-state index is 12.8. The van der Waals surface area contributed by atoms with Gasteiger partial charge in [0.15, 0.2) is 0 Å². The van der Waals surface area contributed by atoms with Gasteiger partial charge in [0.1, 0.15) is 0 Å². The highest BCUT2D eigenvalue weighted by atomic mass is 19.4. The van der Waals surface area contributed by atoms with Crippen LogP contribution in [-0.2, 0) is 12.6 Å². The zero-order valence-corrected chi connectivity index (χ0v) is 11.5. The molecule has 19 heavy (non-hydrogen) atoms. The summed E-state index contributed by atoms with van der Waals surface area (Å²) in [5.74, 6) is -0.492. The van der Waals surface area contributed by atoms with Crippen molar-refractivity contribution < 1.29 is 18.0 Å². The number of carbonyl (C=O) groups excluding carboxylic acids is 1. The van der Waals surface area contributed by atoms with E-state index in [2.05, 4.69) is 5.32 Å². The summed E-state index contributed by atoms with van der Waals surface area (Å²) in [6, 6.07) is 3.46. The summed E-state index contributed by atoms with van der Waals surface area (Å²) in [5.41, 5.74) is -0.737. The lowest BCUT2D eigenvalue weighted by Gasteiger charge is -2.21. The normalized spacial score (nSPS) is 12.4. The third kappa shape index (κ3) is 4.58. The molecule has 1 aromatic rings. The van der Waals surface area contributed by atoms with E-state index in [1.165, 1.54) is 6.07 Å². The molecule has 1 amide bonds. The molecule has 0 aliphatic carbocycles. The smallest absolute Gasteiger partial charge is 0.347 e. The number of halogens is 3. The van der Waals surface area contributed by atoms with Crippen molar-refractivity contribution in [3.63, 3.8) is 0 Å². The van der Waals surface area contributed by atoms with Gasteiger partial charge in [-0.2, -0.15) is 13.2 Å². The van der Waals surface area contributed by atoms with Crippen LogP contribution in [0.25, 0.3) is 0 Å². The van der Waals surface area contributed by atoms with Crippen LogP contribution in [0.2, 0.25) is 0 Å². The van der Waals surface area contributed by atoms with Crippen LogP contribution in [0.1, 0.15) is 49.2 Å². The van der Waals surface area contributed by atoms with Gasteiger partial charge in [0.2, 0.25) is 0 Å². The monoisotopic (exact) mass is 273 g/mol. The average Bonchev–Trinajstić information content (AvgIpc) is 2.25. The van der Waals surface area contributed by atoms with E-state index in [-0.39, 0.29) is 5.56 Å². The zero-order chi connectivity index (χ0) is 14.8. The molecule has 0 saturated carbocycles. The SMILES string of the molecule is CCc1cc(C(=O)NC(C)(C)C)cc(C(F)(F)F)c1. The molecule has 0 aliphatic rings. The van der Waals surface area contributed by atoms with E-state index in [1.807, 2.05) is 0 Å². The highest BCUT2D eigenvalue weighted by molar-refractivity contribution is 5.95. The molecule has 2 nitrogen and oxygen atoms in total. The largest absolute Gasteiger partial charge is 0.416 e. The molecule has 1 aromatic carbocycles. The summed E-state index contributed by atoms with van der Waals surface area (Å²) in [7, 11) is 0. The fourth-order valence-electron chi connectivity index (χ4n) is 1.60. The van der Waals surface area contributed by atoms with E-state index < -0.39 is 23.2 Å². The van der Waals surface area contributed by atoms with Gasteiger partial charge >= 0.3 is 6.18 Å². The number of rotatable bonds is 2. The van der Waals surface area contributed by atoms with Gasteiger partial charge in [0.25, 0.3) is 5.91 Å². The lowest BCUT2D eigenvalue weighted by Crippen LogP contribution is -2.40. The zero-order valence-electron chi connectivity index (χ0n) is 11.5. The molecule has 0 unspecified atom stereocenters. The highest BCUT2D eigenvalue weighted by Crippen LogP contribution is 2.31. The number of benzene rings is 1. The number of nitrogens with one attached hydrogen (secondary N) is 1. The van der Waals surface area contributed by atoms with Gasteiger partial charge in [-0.05, 0) is 51.0 Å². The van der Waals surface area contributed by atoms with Crippen molar-refractivity contribution >= 4 is 5.91 Å². The molecule has 0 aliphatic heterocycles. The molecule has 0 aromatic heterocycles. The summed E-state index contributed by atoms with van der Waals surface area (Å²) in [4.78, 5) is 11.9. The summed E-state index contributed by atoms with van der Waals surface area (Å²) < 4.78 is 38.3. The predicted molar refractivity (Wildman–Crippen MR) is 68.0 cm³/mol. The molecule has 0 fully saturated rings. The third-order valence-corrected chi connectivity index (χ3v) is 2.48. The number of aryl methyl sites for hydroxylation is 1. The molecule has 0 spiro atoms. The second-order valence-electron chi connectivity index (χ2n) is 5.47. The summed E-state index contributed by atoms with van der Waals surface area (Å²) >= 11 is 0. The van der Waals surface area contributed by atoms with Crippen LogP contribution in [0.3, 0.4) is 0 Å². The Morgan fingerprint density at radius 1 is 1.16 bits per heavy atom. The fourth-order valence-corrected chi connectivity index (χ4v) is 1.60. The van der Waals surface area contributed by atoms with E-state index in [4.69, 9.17) is 0 Å². The molecule has 5 heteroatoms. The molecule has 1 rings (SSSR count). The van der Waals surface area contributed by atoms with Crippen molar-refractivity contribution in [2.45, 2.75) is 45.8 Å². The van der Waals surface area contributed by atoms with Crippen molar-refractivity contribution in [2.24, 2.45) is 0 Å². The Morgan fingerprint density at radius 2 is 1.74 bits per heavy atom. The number of alkyl halides is 3. The molecule has 0 bridgehead atoms. The van der Waals surface area contributed by atoms with Gasteiger partial charge in [-0.3, -0.25) is 4.79 Å². The van der Waals surface area contributed by atoms with Gasteiger partial charge in [-0.25, -0.2) is 0 Å².